The lowest BCUT2D eigenvalue weighted by Crippen LogP contribution is -2.43. The Bertz CT molecular complexity index is 1380. The molecule has 256 valence electrons. The van der Waals surface area contributed by atoms with Gasteiger partial charge in [0.2, 0.25) is 0 Å². The second-order valence-corrected chi connectivity index (χ2v) is 27.7. The second kappa shape index (κ2) is 15.6. The molecule has 0 saturated carbocycles. The van der Waals surface area contributed by atoms with Crippen LogP contribution in [-0.2, 0) is 10.8 Å². The summed E-state index contributed by atoms with van der Waals surface area (Å²) in [6.45, 7) is 37.1. The van der Waals surface area contributed by atoms with E-state index in [0.717, 1.165) is 22.3 Å². The minimum atomic E-state index is -2.07. The van der Waals surface area contributed by atoms with Crippen LogP contribution >= 0.6 is 0 Å². The topological polar surface area (TPSA) is 40.5 Å². The molecule has 2 aromatic rings. The molecule has 2 N–H and O–H groups in total. The van der Waals surface area contributed by atoms with Gasteiger partial charge in [-0.2, -0.15) is 0 Å². The molecule has 0 amide bonds. The van der Waals surface area contributed by atoms with Crippen LogP contribution in [-0.4, -0.2) is 26.4 Å². The number of rotatable bonds is 10. The SMILES string of the molecule is CC(C)[Si](C#CC(=C=C(C#C[Si](C(C)C)(C(C)C)C(C)C)C(C)(C)c1ccc(O)cc1)C(C)(C)c1ccc(O)cc1)(C(C)C)C(C)C. The van der Waals surface area contributed by atoms with Crippen LogP contribution in [0.3, 0.4) is 0 Å². The van der Waals surface area contributed by atoms with E-state index in [4.69, 9.17) is 0 Å². The van der Waals surface area contributed by atoms with Crippen LogP contribution in [0.25, 0.3) is 0 Å². The molecule has 0 atom stereocenters. The van der Waals surface area contributed by atoms with Crippen molar-refractivity contribution < 1.29 is 10.2 Å². The average Bonchev–Trinajstić information content (AvgIpc) is 2.95. The number of aromatic hydroxyl groups is 2. The minimum absolute atomic E-state index is 0.250. The maximum Gasteiger partial charge on any atom is 0.146 e. The van der Waals surface area contributed by atoms with E-state index in [0.29, 0.717) is 33.2 Å². The van der Waals surface area contributed by atoms with E-state index in [-0.39, 0.29) is 11.5 Å². The Morgan fingerprint density at radius 3 is 0.915 bits per heavy atom. The van der Waals surface area contributed by atoms with Crippen molar-refractivity contribution in [1.29, 1.82) is 0 Å². The fourth-order valence-electron chi connectivity index (χ4n) is 8.06. The quantitative estimate of drug-likeness (QED) is 0.150. The zero-order chi connectivity index (χ0) is 36.1. The molecule has 0 saturated heterocycles. The smallest absolute Gasteiger partial charge is 0.146 e. The van der Waals surface area contributed by atoms with Gasteiger partial charge < -0.3 is 10.2 Å². The molecule has 47 heavy (non-hydrogen) atoms. The number of phenolic OH excluding ortho intramolecular Hbond substituents is 2. The fraction of sp³-hybridized carbons (Fsp3) is 0.558. The van der Waals surface area contributed by atoms with Gasteiger partial charge in [0, 0.05) is 10.8 Å². The van der Waals surface area contributed by atoms with Crippen LogP contribution in [0.5, 0.6) is 11.5 Å². The molecule has 0 fully saturated rings. The largest absolute Gasteiger partial charge is 0.508 e. The molecule has 0 bridgehead atoms. The molecule has 2 rings (SSSR count). The monoisotopic (exact) mass is 668 g/mol. The summed E-state index contributed by atoms with van der Waals surface area (Å²) in [5, 5.41) is 20.3. The maximum absolute atomic E-state index is 10.2. The number of allylic oxidation sites excluding steroid dienone is 1. The predicted molar refractivity (Wildman–Crippen MR) is 210 cm³/mol. The maximum atomic E-state index is 10.2. The van der Waals surface area contributed by atoms with E-state index in [1.165, 1.54) is 0 Å². The Balaban J connectivity index is 3.29. The molecular formula is C43H64O2Si2. The van der Waals surface area contributed by atoms with Crippen LogP contribution in [0.1, 0.15) is 122 Å². The molecule has 2 nitrogen and oxygen atoms in total. The van der Waals surface area contributed by atoms with Gasteiger partial charge in [-0.05, 0) is 68.6 Å². The van der Waals surface area contributed by atoms with Gasteiger partial charge in [0.25, 0.3) is 0 Å². The van der Waals surface area contributed by atoms with Crippen molar-refractivity contribution in [3.05, 3.63) is 76.5 Å². The first kappa shape index (κ1) is 40.3. The van der Waals surface area contributed by atoms with Crippen molar-refractivity contribution in [2.45, 2.75) is 155 Å². The molecule has 0 heterocycles. The first-order valence-electron chi connectivity index (χ1n) is 17.8. The molecule has 0 aromatic heterocycles. The van der Waals surface area contributed by atoms with Crippen molar-refractivity contribution in [1.82, 2.24) is 0 Å². The minimum Gasteiger partial charge on any atom is -0.508 e. The standard InChI is InChI=1S/C43H64O2Si2/c1-30(2)46(31(3)4,32(5)6)27-25-38(42(13,14)36-17-21-40(44)22-18-36)29-39(43(15,16)37-19-23-41(45)24-20-37)26-28-47(33(7)8,34(9)10)35(11)12/h17-24,30-35,44-45H,1-16H3. The lowest BCUT2D eigenvalue weighted by molar-refractivity contribution is 0.474. The van der Waals surface area contributed by atoms with E-state index in [1.807, 2.05) is 24.3 Å². The highest BCUT2D eigenvalue weighted by molar-refractivity contribution is 6.91. The summed E-state index contributed by atoms with van der Waals surface area (Å²) < 4.78 is 0. The molecule has 0 radical (unpaired) electrons. The molecule has 2 aromatic carbocycles. The molecule has 4 heteroatoms. The van der Waals surface area contributed by atoms with E-state index in [9.17, 15) is 10.2 Å². The third-order valence-corrected chi connectivity index (χ3v) is 23.8. The van der Waals surface area contributed by atoms with E-state index in [1.54, 1.807) is 24.3 Å². The van der Waals surface area contributed by atoms with Crippen molar-refractivity contribution in [2.24, 2.45) is 0 Å². The number of benzene rings is 2. The summed E-state index contributed by atoms with van der Waals surface area (Å²) in [4.78, 5) is 0. The molecular weight excluding hydrogens is 605 g/mol. The first-order valence-corrected chi connectivity index (χ1v) is 22.2. The third-order valence-electron chi connectivity index (χ3n) is 11.2. The van der Waals surface area contributed by atoms with Crippen molar-refractivity contribution in [2.75, 3.05) is 0 Å². The Hall–Kier alpha value is -2.89. The summed E-state index contributed by atoms with van der Waals surface area (Å²) in [7, 11) is -4.14. The normalized spacial score (nSPS) is 12.7. The Morgan fingerprint density at radius 2 is 0.702 bits per heavy atom. The first-order chi connectivity index (χ1) is 21.6. The fourth-order valence-corrected chi connectivity index (χ4v) is 18.5. The predicted octanol–water partition coefficient (Wildman–Crippen LogP) is 12.2. The van der Waals surface area contributed by atoms with E-state index in [2.05, 4.69) is 139 Å². The summed E-state index contributed by atoms with van der Waals surface area (Å²) in [6.07, 6.45) is 0. The number of hydrogen-bond donors (Lipinski definition) is 2. The van der Waals surface area contributed by atoms with Crippen LogP contribution < -0.4 is 0 Å². The van der Waals surface area contributed by atoms with Crippen molar-refractivity contribution in [3.8, 4) is 34.4 Å². The zero-order valence-corrected chi connectivity index (χ0v) is 34.5. The lowest BCUT2D eigenvalue weighted by Gasteiger charge is -2.38. The Morgan fingerprint density at radius 1 is 0.468 bits per heavy atom. The van der Waals surface area contributed by atoms with Crippen molar-refractivity contribution >= 4 is 16.1 Å². The Kier molecular flexibility index (Phi) is 13.3. The second-order valence-electron chi connectivity index (χ2n) is 16.5. The van der Waals surface area contributed by atoms with E-state index >= 15 is 0 Å². The van der Waals surface area contributed by atoms with Crippen molar-refractivity contribution in [3.63, 3.8) is 0 Å². The van der Waals surface area contributed by atoms with Crippen LogP contribution in [0.2, 0.25) is 33.2 Å². The summed E-state index contributed by atoms with van der Waals surface area (Å²) in [6, 6.07) is 15.0. The van der Waals surface area contributed by atoms with Crippen LogP contribution in [0.4, 0.5) is 0 Å². The molecule has 0 unspecified atom stereocenters. The van der Waals surface area contributed by atoms with Gasteiger partial charge >= 0.3 is 0 Å². The van der Waals surface area contributed by atoms with Gasteiger partial charge in [-0.15, -0.1) is 11.1 Å². The number of hydrogen-bond acceptors (Lipinski definition) is 2. The average molecular weight is 669 g/mol. The van der Waals surface area contributed by atoms with Crippen LogP contribution in [0, 0.1) is 22.9 Å². The highest BCUT2D eigenvalue weighted by Gasteiger charge is 2.43. The van der Waals surface area contributed by atoms with Gasteiger partial charge in [0.05, 0.1) is 11.1 Å². The van der Waals surface area contributed by atoms with Gasteiger partial charge in [-0.25, -0.2) is 0 Å². The van der Waals surface area contributed by atoms with E-state index < -0.39 is 27.0 Å². The Labute approximate surface area is 291 Å². The highest BCUT2D eigenvalue weighted by atomic mass is 28.3. The van der Waals surface area contributed by atoms with Crippen LogP contribution in [0.15, 0.2) is 65.4 Å². The number of phenols is 2. The summed E-state index contributed by atoms with van der Waals surface area (Å²) >= 11 is 0. The summed E-state index contributed by atoms with van der Waals surface area (Å²) in [5.74, 6) is 8.15. The summed E-state index contributed by atoms with van der Waals surface area (Å²) in [5.41, 5.74) is 17.9. The molecule has 0 spiro atoms. The van der Waals surface area contributed by atoms with Gasteiger partial charge in [-0.3, -0.25) is 0 Å². The molecule has 0 aliphatic heterocycles. The van der Waals surface area contributed by atoms with Gasteiger partial charge in [0.1, 0.15) is 27.6 Å². The third kappa shape index (κ3) is 8.41. The zero-order valence-electron chi connectivity index (χ0n) is 32.5. The van der Waals surface area contributed by atoms with Gasteiger partial charge in [-0.1, -0.05) is 153 Å². The molecule has 0 aliphatic carbocycles. The lowest BCUT2D eigenvalue weighted by atomic mass is 9.75. The highest BCUT2D eigenvalue weighted by Crippen LogP contribution is 2.43. The van der Waals surface area contributed by atoms with Gasteiger partial charge in [0.15, 0.2) is 0 Å². The molecule has 0 aliphatic rings.